The first kappa shape index (κ1) is 18.0. The molecule has 0 unspecified atom stereocenters. The summed E-state index contributed by atoms with van der Waals surface area (Å²) in [5.74, 6) is -0.402. The monoisotopic (exact) mass is 354 g/mol. The van der Waals surface area contributed by atoms with Crippen molar-refractivity contribution in [2.24, 2.45) is 5.92 Å². The minimum Gasteiger partial charge on any atom is -0.318 e. The van der Waals surface area contributed by atoms with Gasteiger partial charge in [-0.05, 0) is 37.3 Å². The first-order valence-corrected chi connectivity index (χ1v) is 8.84. The van der Waals surface area contributed by atoms with Crippen molar-refractivity contribution in [2.75, 3.05) is 0 Å². The van der Waals surface area contributed by atoms with Gasteiger partial charge in [0.1, 0.15) is 11.4 Å². The standard InChI is InChI=1S/C20H22N2O4/c1-5-10(2)6-7-22-14(24)9-12(4)16-18(22)20(26)17-15(19(16)25)11(3)8-13(23)21-17/h8-10H,5-7H2,1-4H3,(H,21,23)/t10-/m0/s1. The van der Waals surface area contributed by atoms with Crippen LogP contribution in [-0.2, 0) is 6.54 Å². The third-order valence-electron chi connectivity index (χ3n) is 5.19. The molecular formula is C20H22N2O4. The van der Waals surface area contributed by atoms with Gasteiger partial charge < -0.3 is 9.55 Å². The zero-order valence-electron chi connectivity index (χ0n) is 15.4. The van der Waals surface area contributed by atoms with Crippen molar-refractivity contribution < 1.29 is 9.59 Å². The second-order valence-corrected chi connectivity index (χ2v) is 7.07. The number of hydrogen-bond donors (Lipinski definition) is 1. The van der Waals surface area contributed by atoms with Crippen LogP contribution < -0.4 is 11.1 Å². The predicted octanol–water partition coefficient (Wildman–Crippen LogP) is 2.37. The van der Waals surface area contributed by atoms with Gasteiger partial charge in [-0.15, -0.1) is 0 Å². The van der Waals surface area contributed by atoms with Crippen LogP contribution in [0, 0.1) is 19.8 Å². The maximum absolute atomic E-state index is 13.1. The van der Waals surface area contributed by atoms with Crippen LogP contribution in [0.5, 0.6) is 0 Å². The molecule has 1 N–H and O–H groups in total. The lowest BCUT2D eigenvalue weighted by atomic mass is 9.85. The van der Waals surface area contributed by atoms with E-state index in [1.54, 1.807) is 13.8 Å². The van der Waals surface area contributed by atoms with E-state index in [1.165, 1.54) is 16.7 Å². The average Bonchev–Trinajstić information content (AvgIpc) is 2.57. The number of fused-ring (bicyclic) bond motifs is 2. The number of rotatable bonds is 4. The fourth-order valence-electron chi connectivity index (χ4n) is 3.46. The number of H-pyrrole nitrogens is 1. The van der Waals surface area contributed by atoms with Crippen LogP contribution in [0.3, 0.4) is 0 Å². The van der Waals surface area contributed by atoms with Gasteiger partial charge in [0.05, 0.1) is 11.1 Å². The Labute approximate surface area is 150 Å². The van der Waals surface area contributed by atoms with Gasteiger partial charge in [-0.3, -0.25) is 19.2 Å². The summed E-state index contributed by atoms with van der Waals surface area (Å²) < 4.78 is 1.39. The number of nitrogens with zero attached hydrogens (tertiary/aromatic N) is 1. The van der Waals surface area contributed by atoms with E-state index in [1.807, 2.05) is 0 Å². The molecule has 0 aromatic carbocycles. The molecule has 0 saturated carbocycles. The Bertz CT molecular complexity index is 1040. The SMILES string of the molecule is CC[C@H](C)CCn1c2c(c(C)cc1=O)C(=O)c1c(C)cc(=O)[nH]c1C2=O. The number of carbonyl (C=O) groups excluding carboxylic acids is 2. The van der Waals surface area contributed by atoms with Crippen LogP contribution >= 0.6 is 0 Å². The molecule has 0 radical (unpaired) electrons. The van der Waals surface area contributed by atoms with Gasteiger partial charge in [-0.2, -0.15) is 0 Å². The van der Waals surface area contributed by atoms with Gasteiger partial charge in [0.15, 0.2) is 5.78 Å². The summed E-state index contributed by atoms with van der Waals surface area (Å²) in [7, 11) is 0. The van der Waals surface area contributed by atoms with Crippen molar-refractivity contribution in [3.8, 4) is 0 Å². The highest BCUT2D eigenvalue weighted by Gasteiger charge is 2.36. The molecule has 0 saturated heterocycles. The van der Waals surface area contributed by atoms with Crippen LogP contribution in [-0.4, -0.2) is 21.1 Å². The van der Waals surface area contributed by atoms with Gasteiger partial charge in [-0.25, -0.2) is 0 Å². The molecule has 1 aliphatic rings. The lowest BCUT2D eigenvalue weighted by molar-refractivity contribution is 0.0964. The number of aromatic nitrogens is 2. The van der Waals surface area contributed by atoms with E-state index in [-0.39, 0.29) is 33.9 Å². The van der Waals surface area contributed by atoms with Gasteiger partial charge in [0.25, 0.3) is 5.56 Å². The van der Waals surface area contributed by atoms with Crippen molar-refractivity contribution in [3.63, 3.8) is 0 Å². The Morgan fingerprint density at radius 1 is 1.00 bits per heavy atom. The minimum absolute atomic E-state index is 0.0187. The molecule has 0 amide bonds. The Kier molecular flexibility index (Phi) is 4.52. The lowest BCUT2D eigenvalue weighted by Gasteiger charge is -2.24. The smallest absolute Gasteiger partial charge is 0.251 e. The second kappa shape index (κ2) is 6.52. The summed E-state index contributed by atoms with van der Waals surface area (Å²) in [6, 6.07) is 2.72. The Morgan fingerprint density at radius 3 is 2.31 bits per heavy atom. The van der Waals surface area contributed by atoms with E-state index >= 15 is 0 Å². The normalized spacial score (nSPS) is 14.2. The second-order valence-electron chi connectivity index (χ2n) is 7.07. The van der Waals surface area contributed by atoms with Crippen molar-refractivity contribution in [1.29, 1.82) is 0 Å². The van der Waals surface area contributed by atoms with Crippen LogP contribution in [0.2, 0.25) is 0 Å². The summed E-state index contributed by atoms with van der Waals surface area (Å²) in [5.41, 5.74) is 0.769. The van der Waals surface area contributed by atoms with Crippen LogP contribution in [0.25, 0.3) is 0 Å². The molecule has 0 fully saturated rings. The zero-order chi connectivity index (χ0) is 19.2. The van der Waals surface area contributed by atoms with Crippen LogP contribution in [0.15, 0.2) is 21.7 Å². The molecule has 6 nitrogen and oxygen atoms in total. The maximum Gasteiger partial charge on any atom is 0.251 e. The Morgan fingerprint density at radius 2 is 1.65 bits per heavy atom. The molecule has 0 spiro atoms. The molecule has 3 rings (SSSR count). The first-order chi connectivity index (χ1) is 12.3. The van der Waals surface area contributed by atoms with E-state index in [9.17, 15) is 19.2 Å². The van der Waals surface area contributed by atoms with E-state index in [2.05, 4.69) is 18.8 Å². The van der Waals surface area contributed by atoms with E-state index in [0.29, 0.717) is 23.6 Å². The highest BCUT2D eigenvalue weighted by atomic mass is 16.2. The van der Waals surface area contributed by atoms with Gasteiger partial charge >= 0.3 is 0 Å². The third kappa shape index (κ3) is 2.75. The van der Waals surface area contributed by atoms with Crippen LogP contribution in [0.4, 0.5) is 0 Å². The van der Waals surface area contributed by atoms with Gasteiger partial charge in [0, 0.05) is 18.7 Å². The zero-order valence-corrected chi connectivity index (χ0v) is 15.4. The molecule has 6 heteroatoms. The number of ketones is 2. The van der Waals surface area contributed by atoms with E-state index in [0.717, 1.165) is 12.8 Å². The largest absolute Gasteiger partial charge is 0.318 e. The predicted molar refractivity (Wildman–Crippen MR) is 98.2 cm³/mol. The minimum atomic E-state index is -0.472. The fraction of sp³-hybridized carbons (Fsp3) is 0.400. The summed E-state index contributed by atoms with van der Waals surface area (Å²) in [5, 5.41) is 0. The molecule has 0 bridgehead atoms. The number of pyridine rings is 2. The number of aryl methyl sites for hydroxylation is 2. The number of carbonyl (C=O) groups is 2. The van der Waals surface area contributed by atoms with Gasteiger partial charge in [0.2, 0.25) is 11.3 Å². The van der Waals surface area contributed by atoms with Crippen molar-refractivity contribution >= 4 is 11.6 Å². The molecule has 2 aromatic heterocycles. The third-order valence-corrected chi connectivity index (χ3v) is 5.19. The van der Waals surface area contributed by atoms with Crippen molar-refractivity contribution in [3.05, 3.63) is 66.5 Å². The topological polar surface area (TPSA) is 89.0 Å². The van der Waals surface area contributed by atoms with E-state index < -0.39 is 11.3 Å². The fourth-order valence-corrected chi connectivity index (χ4v) is 3.46. The van der Waals surface area contributed by atoms with Crippen LogP contribution in [0.1, 0.15) is 69.9 Å². The number of aromatic amines is 1. The maximum atomic E-state index is 13.1. The molecule has 2 aromatic rings. The summed E-state index contributed by atoms with van der Waals surface area (Å²) >= 11 is 0. The van der Waals surface area contributed by atoms with Crippen molar-refractivity contribution in [2.45, 2.75) is 47.1 Å². The summed E-state index contributed by atoms with van der Waals surface area (Å²) in [4.78, 5) is 53.0. The average molecular weight is 354 g/mol. The Balaban J connectivity index is 2.27. The molecule has 26 heavy (non-hydrogen) atoms. The first-order valence-electron chi connectivity index (χ1n) is 8.84. The molecule has 1 atom stereocenters. The summed E-state index contributed by atoms with van der Waals surface area (Å²) in [6.07, 6.45) is 1.69. The quantitative estimate of drug-likeness (QED) is 0.779. The summed E-state index contributed by atoms with van der Waals surface area (Å²) in [6.45, 7) is 7.81. The number of hydrogen-bond acceptors (Lipinski definition) is 4. The molecule has 1 aliphatic carbocycles. The van der Waals surface area contributed by atoms with Crippen molar-refractivity contribution in [1.82, 2.24) is 9.55 Å². The molecule has 2 heterocycles. The lowest BCUT2D eigenvalue weighted by Crippen LogP contribution is -2.36. The molecular weight excluding hydrogens is 332 g/mol. The highest BCUT2D eigenvalue weighted by molar-refractivity contribution is 6.27. The molecule has 136 valence electrons. The van der Waals surface area contributed by atoms with Gasteiger partial charge in [-0.1, -0.05) is 20.3 Å². The molecule has 0 aliphatic heterocycles. The Hall–Kier alpha value is -2.76. The van der Waals surface area contributed by atoms with E-state index in [4.69, 9.17) is 0 Å². The number of nitrogens with one attached hydrogen (secondary N) is 1. The highest BCUT2D eigenvalue weighted by Crippen LogP contribution is 2.28.